The van der Waals surface area contributed by atoms with Crippen molar-refractivity contribution in [1.82, 2.24) is 0 Å². The Hall–Kier alpha value is -0.570. The Balaban J connectivity index is 2.50. The molecular weight excluding hydrogens is 208 g/mol. The van der Waals surface area contributed by atoms with Gasteiger partial charge in [0.2, 0.25) is 0 Å². The van der Waals surface area contributed by atoms with E-state index in [4.69, 9.17) is 10.2 Å². The summed E-state index contributed by atoms with van der Waals surface area (Å²) in [5.74, 6) is -0.744. The van der Waals surface area contributed by atoms with Gasteiger partial charge in [0.05, 0.1) is 13.2 Å². The van der Waals surface area contributed by atoms with E-state index in [1.807, 2.05) is 0 Å². The molecular formula is C8H14O7. The molecule has 1 heterocycles. The first-order valence-corrected chi connectivity index (χ1v) is 4.47. The van der Waals surface area contributed by atoms with Crippen LogP contribution < -0.4 is 0 Å². The number of ether oxygens (including phenoxy) is 1. The van der Waals surface area contributed by atoms with Gasteiger partial charge in [-0.3, -0.25) is 4.79 Å². The molecule has 1 unspecified atom stereocenters. The summed E-state index contributed by atoms with van der Waals surface area (Å²) < 4.78 is 4.59. The van der Waals surface area contributed by atoms with Gasteiger partial charge in [0, 0.05) is 0 Å². The van der Waals surface area contributed by atoms with Crippen molar-refractivity contribution in [2.45, 2.75) is 30.5 Å². The largest absolute Gasteiger partial charge is 0.394 e. The number of Topliss-reactive ketones (excluding diaryl/α,β-unsaturated/α-hetero) is 1. The first-order chi connectivity index (χ1) is 6.99. The van der Waals surface area contributed by atoms with Crippen LogP contribution in [0.15, 0.2) is 0 Å². The molecule has 0 aromatic rings. The van der Waals surface area contributed by atoms with Gasteiger partial charge in [-0.05, 0) is 0 Å². The van der Waals surface area contributed by atoms with Crippen LogP contribution in [0.1, 0.15) is 0 Å². The minimum Gasteiger partial charge on any atom is -0.394 e. The lowest BCUT2D eigenvalue weighted by Crippen LogP contribution is -2.49. The fourth-order valence-corrected chi connectivity index (χ4v) is 1.09. The summed E-state index contributed by atoms with van der Waals surface area (Å²) in [4.78, 5) is 11.2. The van der Waals surface area contributed by atoms with Gasteiger partial charge in [0.1, 0.15) is 30.5 Å². The molecule has 0 aromatic heterocycles. The van der Waals surface area contributed by atoms with E-state index in [2.05, 4.69) is 4.74 Å². The molecule has 0 spiro atoms. The lowest BCUT2D eigenvalue weighted by molar-refractivity contribution is -0.148. The van der Waals surface area contributed by atoms with Crippen LogP contribution in [0.4, 0.5) is 0 Å². The minimum atomic E-state index is -1.84. The number of hydrogen-bond donors (Lipinski definition) is 5. The third kappa shape index (κ3) is 2.94. The van der Waals surface area contributed by atoms with Crippen molar-refractivity contribution < 1.29 is 35.1 Å². The Morgan fingerprint density at radius 3 is 2.20 bits per heavy atom. The number of ketones is 1. The molecule has 0 amide bonds. The highest BCUT2D eigenvalue weighted by Crippen LogP contribution is 2.15. The maximum absolute atomic E-state index is 11.2. The van der Waals surface area contributed by atoms with Gasteiger partial charge in [-0.25, -0.2) is 0 Å². The van der Waals surface area contributed by atoms with E-state index in [1.54, 1.807) is 0 Å². The third-order valence-electron chi connectivity index (χ3n) is 2.20. The fraction of sp³-hybridized carbons (Fsp3) is 0.875. The molecule has 1 saturated heterocycles. The quantitative estimate of drug-likeness (QED) is 0.293. The monoisotopic (exact) mass is 222 g/mol. The number of hydrogen-bond acceptors (Lipinski definition) is 7. The van der Waals surface area contributed by atoms with Crippen LogP contribution in [0, 0.1) is 0 Å². The van der Waals surface area contributed by atoms with Crippen LogP contribution in [0.5, 0.6) is 0 Å². The summed E-state index contributed by atoms with van der Waals surface area (Å²) in [6.45, 7) is -0.597. The van der Waals surface area contributed by atoms with Crippen molar-refractivity contribution >= 4 is 5.78 Å². The van der Waals surface area contributed by atoms with Gasteiger partial charge in [-0.1, -0.05) is 0 Å². The first kappa shape index (κ1) is 12.5. The Bertz CT molecular complexity index is 227. The normalized spacial score (nSPS) is 27.9. The zero-order valence-electron chi connectivity index (χ0n) is 7.85. The van der Waals surface area contributed by atoms with E-state index >= 15 is 0 Å². The van der Waals surface area contributed by atoms with E-state index in [-0.39, 0.29) is 6.61 Å². The summed E-state index contributed by atoms with van der Waals surface area (Å²) in [5, 5.41) is 45.2. The predicted octanol–water partition coefficient (Wildman–Crippen LogP) is -3.61. The zero-order valence-corrected chi connectivity index (χ0v) is 7.85. The molecule has 5 atom stereocenters. The van der Waals surface area contributed by atoms with Gasteiger partial charge in [-0.15, -0.1) is 0 Å². The molecule has 88 valence electrons. The standard InChI is InChI=1S/C8H14O7/c9-1-3(10)5(11)7(13)8(14)6(12)4-2-15-4/h3-5,7-11,13-14H,1-2H2/t3-,4?,5-,7+,8+/m1/s1. The highest BCUT2D eigenvalue weighted by atomic mass is 16.6. The smallest absolute Gasteiger partial charge is 0.195 e. The Labute approximate surface area is 85.5 Å². The van der Waals surface area contributed by atoms with Gasteiger partial charge >= 0.3 is 0 Å². The van der Waals surface area contributed by atoms with Crippen LogP contribution in [0.3, 0.4) is 0 Å². The average Bonchev–Trinajstić information content (AvgIpc) is 3.07. The fourth-order valence-electron chi connectivity index (χ4n) is 1.09. The highest BCUT2D eigenvalue weighted by Gasteiger charge is 2.41. The topological polar surface area (TPSA) is 131 Å². The average molecular weight is 222 g/mol. The number of carbonyl (C=O) groups excluding carboxylic acids is 1. The number of aliphatic hydroxyl groups excluding tert-OH is 5. The lowest BCUT2D eigenvalue weighted by Gasteiger charge is -2.24. The van der Waals surface area contributed by atoms with Gasteiger partial charge in [0.25, 0.3) is 0 Å². The maximum atomic E-state index is 11.2. The SMILES string of the molecule is O=C(C1CO1)[C@H](O)[C@@H](O)[C@H](O)[C@H](O)CO. The van der Waals surface area contributed by atoms with E-state index in [0.29, 0.717) is 0 Å². The van der Waals surface area contributed by atoms with Crippen molar-refractivity contribution in [2.24, 2.45) is 0 Å². The molecule has 0 bridgehead atoms. The molecule has 1 aliphatic heterocycles. The summed E-state index contributed by atoms with van der Waals surface area (Å²) in [5.41, 5.74) is 0. The molecule has 1 aliphatic rings. The van der Waals surface area contributed by atoms with Crippen LogP contribution in [0.2, 0.25) is 0 Å². The minimum absolute atomic E-state index is 0.182. The van der Waals surface area contributed by atoms with Crippen molar-refractivity contribution in [1.29, 1.82) is 0 Å². The number of epoxide rings is 1. The highest BCUT2D eigenvalue weighted by molar-refractivity contribution is 5.89. The molecule has 1 fully saturated rings. The predicted molar refractivity (Wildman–Crippen MR) is 45.9 cm³/mol. The molecule has 7 heteroatoms. The molecule has 15 heavy (non-hydrogen) atoms. The van der Waals surface area contributed by atoms with E-state index in [1.165, 1.54) is 0 Å². The second kappa shape index (κ2) is 4.97. The summed E-state index contributed by atoms with van der Waals surface area (Å²) >= 11 is 0. The number of aliphatic hydroxyl groups is 5. The first-order valence-electron chi connectivity index (χ1n) is 4.47. The molecule has 5 N–H and O–H groups in total. The van der Waals surface area contributed by atoms with Crippen molar-refractivity contribution in [3.63, 3.8) is 0 Å². The van der Waals surface area contributed by atoms with Crippen molar-refractivity contribution in [3.8, 4) is 0 Å². The van der Waals surface area contributed by atoms with E-state index in [9.17, 15) is 20.1 Å². The van der Waals surface area contributed by atoms with Crippen LogP contribution in [-0.2, 0) is 9.53 Å². The molecule has 0 radical (unpaired) electrons. The molecule has 0 saturated carbocycles. The molecule has 1 rings (SSSR count). The number of rotatable bonds is 6. The summed E-state index contributed by atoms with van der Waals surface area (Å²) in [6.07, 6.45) is -7.80. The third-order valence-corrected chi connectivity index (χ3v) is 2.20. The van der Waals surface area contributed by atoms with Crippen LogP contribution in [0.25, 0.3) is 0 Å². The Morgan fingerprint density at radius 1 is 1.27 bits per heavy atom. The lowest BCUT2D eigenvalue weighted by atomic mass is 9.99. The van der Waals surface area contributed by atoms with Gasteiger partial charge in [0.15, 0.2) is 5.78 Å². The zero-order chi connectivity index (χ0) is 11.6. The van der Waals surface area contributed by atoms with Crippen molar-refractivity contribution in [3.05, 3.63) is 0 Å². The van der Waals surface area contributed by atoms with Crippen molar-refractivity contribution in [2.75, 3.05) is 13.2 Å². The second-order valence-electron chi connectivity index (χ2n) is 3.40. The van der Waals surface area contributed by atoms with E-state index < -0.39 is 42.9 Å². The van der Waals surface area contributed by atoms with Crippen LogP contribution in [-0.4, -0.2) is 75.0 Å². The second-order valence-corrected chi connectivity index (χ2v) is 3.40. The molecule has 7 nitrogen and oxygen atoms in total. The summed E-state index contributed by atoms with van der Waals surface area (Å²) in [7, 11) is 0. The maximum Gasteiger partial charge on any atom is 0.195 e. The van der Waals surface area contributed by atoms with E-state index in [0.717, 1.165) is 0 Å². The Kier molecular flexibility index (Phi) is 4.14. The Morgan fingerprint density at radius 2 is 1.80 bits per heavy atom. The number of carbonyl (C=O) groups is 1. The van der Waals surface area contributed by atoms with Gasteiger partial charge < -0.3 is 30.3 Å². The molecule has 0 aromatic carbocycles. The van der Waals surface area contributed by atoms with Crippen LogP contribution >= 0.6 is 0 Å². The van der Waals surface area contributed by atoms with Gasteiger partial charge in [-0.2, -0.15) is 0 Å². The summed E-state index contributed by atoms with van der Waals surface area (Å²) in [6, 6.07) is 0. The molecule has 0 aliphatic carbocycles.